The third kappa shape index (κ3) is 4.26. The molecule has 0 saturated heterocycles. The first-order chi connectivity index (χ1) is 7.62. The predicted molar refractivity (Wildman–Crippen MR) is 68.7 cm³/mol. The molecule has 1 atom stereocenters. The van der Waals surface area contributed by atoms with Crippen LogP contribution in [-0.2, 0) is 5.60 Å². The zero-order valence-corrected chi connectivity index (χ0v) is 11.4. The molecule has 4 heteroatoms. The van der Waals surface area contributed by atoms with Crippen LogP contribution in [0.15, 0.2) is 18.2 Å². The smallest absolute Gasteiger partial charge is 0.123 e. The van der Waals surface area contributed by atoms with E-state index in [0.29, 0.717) is 17.1 Å². The number of halogens is 2. The first kappa shape index (κ1) is 14.4. The monoisotopic (exact) mass is 259 g/mol. The Morgan fingerprint density at radius 3 is 2.41 bits per heavy atom. The largest absolute Gasteiger partial charge is 0.384 e. The molecule has 1 rings (SSSR count). The number of rotatable bonds is 3. The summed E-state index contributed by atoms with van der Waals surface area (Å²) < 4.78 is 13.2. The summed E-state index contributed by atoms with van der Waals surface area (Å²) in [4.78, 5) is 0. The zero-order chi connectivity index (χ0) is 13.3. The van der Waals surface area contributed by atoms with Gasteiger partial charge in [0, 0.05) is 22.7 Å². The maximum atomic E-state index is 13.2. The van der Waals surface area contributed by atoms with E-state index in [1.807, 2.05) is 20.8 Å². The zero-order valence-electron chi connectivity index (χ0n) is 10.6. The summed E-state index contributed by atoms with van der Waals surface area (Å²) in [7, 11) is 0. The van der Waals surface area contributed by atoms with Crippen molar-refractivity contribution in [1.29, 1.82) is 0 Å². The second-order valence-electron chi connectivity index (χ2n) is 5.50. The van der Waals surface area contributed by atoms with Gasteiger partial charge in [0.2, 0.25) is 0 Å². The fourth-order valence-electron chi connectivity index (χ4n) is 1.44. The van der Waals surface area contributed by atoms with Crippen LogP contribution >= 0.6 is 11.6 Å². The molecular weight excluding hydrogens is 241 g/mol. The molecule has 0 bridgehead atoms. The van der Waals surface area contributed by atoms with Gasteiger partial charge in [0.1, 0.15) is 11.4 Å². The SMILES string of the molecule is CC(C)(C)NCC(C)(O)c1cc(F)ccc1Cl. The maximum Gasteiger partial charge on any atom is 0.123 e. The Morgan fingerprint density at radius 1 is 1.29 bits per heavy atom. The summed E-state index contributed by atoms with van der Waals surface area (Å²) in [5.41, 5.74) is -0.924. The van der Waals surface area contributed by atoms with Crippen LogP contribution in [0.1, 0.15) is 33.3 Å². The minimum atomic E-state index is -1.20. The standard InChI is InChI=1S/C13H19ClFNO/c1-12(2,3)16-8-13(4,17)10-7-9(15)5-6-11(10)14/h5-7,16-17H,8H2,1-4H3. The van der Waals surface area contributed by atoms with Crippen molar-refractivity contribution in [3.05, 3.63) is 34.6 Å². The van der Waals surface area contributed by atoms with Gasteiger partial charge >= 0.3 is 0 Å². The lowest BCUT2D eigenvalue weighted by atomic mass is 9.94. The summed E-state index contributed by atoms with van der Waals surface area (Å²) in [6.07, 6.45) is 0. The molecule has 0 heterocycles. The fourth-order valence-corrected chi connectivity index (χ4v) is 1.76. The van der Waals surface area contributed by atoms with Gasteiger partial charge in [0.25, 0.3) is 0 Å². The Hall–Kier alpha value is -0.640. The summed E-state index contributed by atoms with van der Waals surface area (Å²) in [5, 5.41) is 13.9. The second-order valence-corrected chi connectivity index (χ2v) is 5.91. The summed E-state index contributed by atoms with van der Waals surface area (Å²) >= 11 is 5.98. The van der Waals surface area contributed by atoms with Crippen molar-refractivity contribution in [2.45, 2.75) is 38.8 Å². The van der Waals surface area contributed by atoms with E-state index in [1.165, 1.54) is 18.2 Å². The van der Waals surface area contributed by atoms with Crippen LogP contribution in [0.2, 0.25) is 5.02 Å². The van der Waals surface area contributed by atoms with E-state index < -0.39 is 11.4 Å². The van der Waals surface area contributed by atoms with Crippen molar-refractivity contribution < 1.29 is 9.50 Å². The first-order valence-electron chi connectivity index (χ1n) is 5.55. The number of hydrogen-bond acceptors (Lipinski definition) is 2. The van der Waals surface area contributed by atoms with Crippen LogP contribution in [0.3, 0.4) is 0 Å². The van der Waals surface area contributed by atoms with Gasteiger partial charge in [0.15, 0.2) is 0 Å². The molecule has 0 amide bonds. The highest BCUT2D eigenvalue weighted by atomic mass is 35.5. The molecule has 1 aromatic rings. The van der Waals surface area contributed by atoms with Crippen molar-refractivity contribution >= 4 is 11.6 Å². The molecule has 17 heavy (non-hydrogen) atoms. The number of benzene rings is 1. The van der Waals surface area contributed by atoms with E-state index in [4.69, 9.17) is 11.6 Å². The first-order valence-corrected chi connectivity index (χ1v) is 5.92. The lowest BCUT2D eigenvalue weighted by Crippen LogP contribution is -2.44. The summed E-state index contributed by atoms with van der Waals surface area (Å²) in [5.74, 6) is -0.402. The van der Waals surface area contributed by atoms with Crippen LogP contribution in [0.5, 0.6) is 0 Å². The molecule has 0 aliphatic rings. The third-order valence-electron chi connectivity index (χ3n) is 2.47. The van der Waals surface area contributed by atoms with Gasteiger partial charge in [-0.05, 0) is 45.9 Å². The molecule has 2 nitrogen and oxygen atoms in total. The highest BCUT2D eigenvalue weighted by molar-refractivity contribution is 6.31. The lowest BCUT2D eigenvalue weighted by molar-refractivity contribution is 0.0500. The Labute approximate surface area is 107 Å². The molecule has 96 valence electrons. The van der Waals surface area contributed by atoms with E-state index in [0.717, 1.165) is 0 Å². The van der Waals surface area contributed by atoms with Gasteiger partial charge in [-0.15, -0.1) is 0 Å². The highest BCUT2D eigenvalue weighted by Crippen LogP contribution is 2.28. The quantitative estimate of drug-likeness (QED) is 0.874. The average molecular weight is 260 g/mol. The molecule has 0 fully saturated rings. The van der Waals surface area contributed by atoms with Crippen molar-refractivity contribution in [1.82, 2.24) is 5.32 Å². The Morgan fingerprint density at radius 2 is 1.88 bits per heavy atom. The fraction of sp³-hybridized carbons (Fsp3) is 0.538. The molecule has 0 saturated carbocycles. The molecule has 1 unspecified atom stereocenters. The molecule has 1 aromatic carbocycles. The molecule has 0 aromatic heterocycles. The van der Waals surface area contributed by atoms with Crippen LogP contribution in [0, 0.1) is 5.82 Å². The molecule has 0 spiro atoms. The topological polar surface area (TPSA) is 32.3 Å². The Balaban J connectivity index is 2.92. The van der Waals surface area contributed by atoms with E-state index in [9.17, 15) is 9.50 Å². The molecular formula is C13H19ClFNO. The van der Waals surface area contributed by atoms with E-state index in [2.05, 4.69) is 5.32 Å². The van der Waals surface area contributed by atoms with Gasteiger partial charge in [-0.2, -0.15) is 0 Å². The van der Waals surface area contributed by atoms with Gasteiger partial charge in [0.05, 0.1) is 0 Å². The van der Waals surface area contributed by atoms with E-state index >= 15 is 0 Å². The predicted octanol–water partition coefficient (Wildman–Crippen LogP) is 3.07. The third-order valence-corrected chi connectivity index (χ3v) is 2.80. The average Bonchev–Trinajstić information content (AvgIpc) is 2.18. The number of hydrogen-bond donors (Lipinski definition) is 2. The van der Waals surface area contributed by atoms with Gasteiger partial charge in [-0.3, -0.25) is 0 Å². The van der Waals surface area contributed by atoms with Crippen LogP contribution < -0.4 is 5.32 Å². The molecule has 0 radical (unpaired) electrons. The Bertz CT molecular complexity index is 399. The molecule has 0 aliphatic heterocycles. The Kier molecular flexibility index (Phi) is 4.18. The number of nitrogens with one attached hydrogen (secondary N) is 1. The van der Waals surface area contributed by atoms with Crippen molar-refractivity contribution in [3.8, 4) is 0 Å². The molecule has 0 aliphatic carbocycles. The van der Waals surface area contributed by atoms with Gasteiger partial charge in [-0.1, -0.05) is 11.6 Å². The van der Waals surface area contributed by atoms with Crippen LogP contribution in [-0.4, -0.2) is 17.2 Å². The lowest BCUT2D eigenvalue weighted by Gasteiger charge is -2.30. The van der Waals surface area contributed by atoms with Crippen LogP contribution in [0.25, 0.3) is 0 Å². The van der Waals surface area contributed by atoms with E-state index in [1.54, 1.807) is 6.92 Å². The maximum absolute atomic E-state index is 13.2. The molecule has 2 N–H and O–H groups in total. The van der Waals surface area contributed by atoms with E-state index in [-0.39, 0.29) is 5.54 Å². The van der Waals surface area contributed by atoms with Crippen molar-refractivity contribution in [2.75, 3.05) is 6.54 Å². The van der Waals surface area contributed by atoms with Gasteiger partial charge in [-0.25, -0.2) is 4.39 Å². The van der Waals surface area contributed by atoms with Crippen molar-refractivity contribution in [2.24, 2.45) is 0 Å². The van der Waals surface area contributed by atoms with Crippen molar-refractivity contribution in [3.63, 3.8) is 0 Å². The minimum absolute atomic E-state index is 0.121. The normalized spacial score (nSPS) is 15.7. The van der Waals surface area contributed by atoms with Crippen LogP contribution in [0.4, 0.5) is 4.39 Å². The summed E-state index contributed by atoms with van der Waals surface area (Å²) in [6.45, 7) is 7.91. The second kappa shape index (κ2) is 4.92. The number of aliphatic hydroxyl groups is 1. The number of β-amino-alcohol motifs (C(OH)–C–C–N with tert-alkyl or cyclic N) is 1. The highest BCUT2D eigenvalue weighted by Gasteiger charge is 2.27. The van der Waals surface area contributed by atoms with Gasteiger partial charge < -0.3 is 10.4 Å². The minimum Gasteiger partial charge on any atom is -0.384 e. The summed E-state index contributed by atoms with van der Waals surface area (Å²) in [6, 6.07) is 4.00.